The highest BCUT2D eigenvalue weighted by Gasteiger charge is 2.29. The summed E-state index contributed by atoms with van der Waals surface area (Å²) in [6, 6.07) is 15.5. The van der Waals surface area contributed by atoms with Gasteiger partial charge in [0, 0.05) is 37.4 Å². The minimum absolute atomic E-state index is 0. The van der Waals surface area contributed by atoms with Crippen molar-refractivity contribution in [2.24, 2.45) is 5.92 Å². The van der Waals surface area contributed by atoms with Crippen LogP contribution in [0.25, 0.3) is 0 Å². The quantitative estimate of drug-likeness (QED) is 0.287. The van der Waals surface area contributed by atoms with Crippen LogP contribution in [0.1, 0.15) is 49.1 Å². The van der Waals surface area contributed by atoms with E-state index in [9.17, 15) is 17.2 Å². The van der Waals surface area contributed by atoms with Gasteiger partial charge in [-0.15, -0.1) is 24.8 Å². The lowest BCUT2D eigenvalue weighted by atomic mass is 9.84. The van der Waals surface area contributed by atoms with Crippen LogP contribution in [0, 0.1) is 17.6 Å². The van der Waals surface area contributed by atoms with Crippen LogP contribution < -0.4 is 10.0 Å². The molecule has 1 fully saturated rings. The van der Waals surface area contributed by atoms with Crippen LogP contribution in [0.15, 0.2) is 78.0 Å². The second-order valence-electron chi connectivity index (χ2n) is 9.53. The van der Waals surface area contributed by atoms with Crippen molar-refractivity contribution in [1.29, 1.82) is 0 Å². The summed E-state index contributed by atoms with van der Waals surface area (Å²) in [6.45, 7) is 0.994. The molecule has 2 atom stereocenters. The van der Waals surface area contributed by atoms with Crippen molar-refractivity contribution in [3.8, 4) is 0 Å². The van der Waals surface area contributed by atoms with Crippen LogP contribution in [0.3, 0.4) is 0 Å². The summed E-state index contributed by atoms with van der Waals surface area (Å²) in [7, 11) is -4.01. The molecule has 1 saturated carbocycles. The Balaban J connectivity index is 0.00000253. The van der Waals surface area contributed by atoms with Crippen molar-refractivity contribution >= 4 is 34.8 Å². The summed E-state index contributed by atoms with van der Waals surface area (Å²) in [5, 5.41) is 3.47. The Morgan fingerprint density at radius 3 is 2.26 bits per heavy atom. The minimum atomic E-state index is -4.01. The largest absolute Gasteiger partial charge is 0.315 e. The number of hydrogen-bond acceptors (Lipinski definition) is 4. The second kappa shape index (κ2) is 15.5. The van der Waals surface area contributed by atoms with Gasteiger partial charge < -0.3 is 5.32 Å². The topological polar surface area (TPSA) is 71.1 Å². The number of aromatic nitrogens is 1. The number of rotatable bonds is 11. The van der Waals surface area contributed by atoms with Crippen LogP contribution in [0.4, 0.5) is 8.78 Å². The summed E-state index contributed by atoms with van der Waals surface area (Å²) in [5.41, 5.74) is 2.06. The average Bonchev–Trinajstić information content (AvgIpc) is 2.89. The van der Waals surface area contributed by atoms with Gasteiger partial charge in [-0.2, -0.15) is 0 Å². The van der Waals surface area contributed by atoms with Crippen LogP contribution in [0.5, 0.6) is 0 Å². The molecule has 0 spiro atoms. The van der Waals surface area contributed by atoms with Gasteiger partial charge in [0.05, 0.1) is 0 Å². The van der Waals surface area contributed by atoms with Crippen LogP contribution >= 0.6 is 24.8 Å². The highest BCUT2D eigenvalue weighted by molar-refractivity contribution is 7.89. The number of halogens is 4. The third-order valence-corrected chi connectivity index (χ3v) is 8.48. The predicted octanol–water partition coefficient (Wildman–Crippen LogP) is 6.05. The van der Waals surface area contributed by atoms with Gasteiger partial charge in [-0.25, -0.2) is 21.9 Å². The van der Waals surface area contributed by atoms with E-state index in [4.69, 9.17) is 0 Å². The van der Waals surface area contributed by atoms with Gasteiger partial charge >= 0.3 is 0 Å². The Morgan fingerprint density at radius 2 is 1.61 bits per heavy atom. The smallest absolute Gasteiger partial charge is 0.243 e. The van der Waals surface area contributed by atoms with Crippen molar-refractivity contribution in [2.45, 2.75) is 55.4 Å². The van der Waals surface area contributed by atoms with Crippen LogP contribution in [0.2, 0.25) is 0 Å². The Hall–Kier alpha value is -2.10. The van der Waals surface area contributed by atoms with Crippen molar-refractivity contribution in [3.05, 3.63) is 95.8 Å². The fourth-order valence-electron chi connectivity index (χ4n) is 5.03. The van der Waals surface area contributed by atoms with Gasteiger partial charge in [0.2, 0.25) is 10.0 Å². The second-order valence-corrected chi connectivity index (χ2v) is 11.2. The molecule has 0 aliphatic heterocycles. The number of benzene rings is 2. The molecule has 2 N–H and O–H groups in total. The van der Waals surface area contributed by atoms with E-state index < -0.39 is 15.8 Å². The van der Waals surface area contributed by atoms with E-state index in [1.807, 2.05) is 18.3 Å². The van der Waals surface area contributed by atoms with Gasteiger partial charge in [-0.3, -0.25) is 4.98 Å². The third-order valence-electron chi connectivity index (χ3n) is 6.95. The van der Waals surface area contributed by atoms with Gasteiger partial charge in [0.25, 0.3) is 0 Å². The molecule has 208 valence electrons. The molecule has 10 heteroatoms. The first kappa shape index (κ1) is 32.1. The first-order chi connectivity index (χ1) is 17.4. The molecular formula is C28H35Cl2F2N3O2S. The monoisotopic (exact) mass is 585 g/mol. The van der Waals surface area contributed by atoms with Crippen molar-refractivity contribution < 1.29 is 17.2 Å². The lowest BCUT2D eigenvalue weighted by Gasteiger charge is -2.31. The third kappa shape index (κ3) is 8.99. The molecular weight excluding hydrogens is 551 g/mol. The van der Waals surface area contributed by atoms with Gasteiger partial charge in [-0.1, -0.05) is 49.6 Å². The first-order valence-electron chi connectivity index (χ1n) is 12.5. The minimum Gasteiger partial charge on any atom is -0.315 e. The fourth-order valence-corrected chi connectivity index (χ4v) is 6.41. The van der Waals surface area contributed by atoms with E-state index in [-0.39, 0.29) is 53.4 Å². The van der Waals surface area contributed by atoms with Gasteiger partial charge in [-0.05, 0) is 66.6 Å². The number of nitrogens with zero attached hydrogens (tertiary/aromatic N) is 1. The Kier molecular flexibility index (Phi) is 13.1. The van der Waals surface area contributed by atoms with Crippen molar-refractivity contribution in [3.63, 3.8) is 0 Å². The molecule has 2 aromatic carbocycles. The van der Waals surface area contributed by atoms with E-state index in [2.05, 4.69) is 15.0 Å². The summed E-state index contributed by atoms with van der Waals surface area (Å²) >= 11 is 0. The van der Waals surface area contributed by atoms with Crippen LogP contribution in [-0.4, -0.2) is 32.5 Å². The molecule has 38 heavy (non-hydrogen) atoms. The lowest BCUT2D eigenvalue weighted by Crippen LogP contribution is -2.48. The van der Waals surface area contributed by atoms with Gasteiger partial charge in [0.1, 0.15) is 16.5 Å². The number of sulfonamides is 1. The standard InChI is InChI=1S/C28H33F2N3O2S.2ClH/c29-25-14-12-22(13-15-25)24(17-21-7-6-16-31-18-21)19-32-20-27(23-8-2-1-3-9-23)33-36(34,35)28-11-5-4-10-26(28)30;;/h4-7,10-16,18,23-24,27,32-33H,1-3,8-9,17,19-20H2;2*1H. The molecule has 1 aliphatic rings. The van der Waals surface area contributed by atoms with E-state index in [1.165, 1.54) is 30.3 Å². The molecule has 4 rings (SSSR count). The SMILES string of the molecule is Cl.Cl.O=S(=O)(NC(CNCC(Cc1cccnc1)c1ccc(F)cc1)C1CCCCC1)c1ccccc1F. The zero-order chi connectivity index (χ0) is 25.4. The highest BCUT2D eigenvalue weighted by atomic mass is 35.5. The zero-order valence-electron chi connectivity index (χ0n) is 21.1. The van der Waals surface area contributed by atoms with Gasteiger partial charge in [0.15, 0.2) is 0 Å². The predicted molar refractivity (Wildman–Crippen MR) is 152 cm³/mol. The maximum absolute atomic E-state index is 14.3. The number of pyridine rings is 1. The highest BCUT2D eigenvalue weighted by Crippen LogP contribution is 2.28. The molecule has 0 saturated heterocycles. The van der Waals surface area contributed by atoms with Crippen molar-refractivity contribution in [2.75, 3.05) is 13.1 Å². The van der Waals surface area contributed by atoms with Crippen LogP contribution in [-0.2, 0) is 16.4 Å². The normalized spacial score (nSPS) is 15.6. The molecule has 2 unspecified atom stereocenters. The van der Waals surface area contributed by atoms with Crippen molar-refractivity contribution in [1.82, 2.24) is 15.0 Å². The Labute approximate surface area is 236 Å². The Bertz CT molecular complexity index is 1210. The molecule has 0 amide bonds. The molecule has 0 bridgehead atoms. The maximum atomic E-state index is 14.3. The van der Waals surface area contributed by atoms with E-state index in [1.54, 1.807) is 18.3 Å². The molecule has 1 heterocycles. The van der Waals surface area contributed by atoms with E-state index in [0.29, 0.717) is 19.5 Å². The maximum Gasteiger partial charge on any atom is 0.243 e. The zero-order valence-corrected chi connectivity index (χ0v) is 23.5. The summed E-state index contributed by atoms with van der Waals surface area (Å²) in [4.78, 5) is 3.88. The fraction of sp³-hybridized carbons (Fsp3) is 0.393. The molecule has 1 aliphatic carbocycles. The summed E-state index contributed by atoms with van der Waals surface area (Å²) in [6.07, 6.45) is 9.39. The molecule has 5 nitrogen and oxygen atoms in total. The molecule has 0 radical (unpaired) electrons. The number of nitrogens with one attached hydrogen (secondary N) is 2. The lowest BCUT2D eigenvalue weighted by molar-refractivity contribution is 0.282. The average molecular weight is 587 g/mol. The van der Waals surface area contributed by atoms with E-state index >= 15 is 0 Å². The Morgan fingerprint density at radius 1 is 0.895 bits per heavy atom. The first-order valence-corrected chi connectivity index (χ1v) is 14.0. The molecule has 1 aromatic heterocycles. The summed E-state index contributed by atoms with van der Waals surface area (Å²) < 4.78 is 56.8. The van der Waals surface area contributed by atoms with E-state index in [0.717, 1.165) is 49.3 Å². The molecule has 3 aromatic rings. The number of hydrogen-bond donors (Lipinski definition) is 2. The summed E-state index contributed by atoms with van der Waals surface area (Å²) in [5.74, 6) is -0.819.